The number of hydrogen-bond acceptors (Lipinski definition) is 5. The van der Waals surface area contributed by atoms with Gasteiger partial charge < -0.3 is 10.5 Å². The lowest BCUT2D eigenvalue weighted by atomic mass is 9.96. The van der Waals surface area contributed by atoms with Crippen LogP contribution >= 0.6 is 11.8 Å². The molecule has 0 heterocycles. The van der Waals surface area contributed by atoms with E-state index in [2.05, 4.69) is 0 Å². The van der Waals surface area contributed by atoms with Crippen molar-refractivity contribution in [2.75, 3.05) is 6.61 Å². The molecule has 0 radical (unpaired) electrons. The molecule has 1 rings (SSSR count). The van der Waals surface area contributed by atoms with Crippen molar-refractivity contribution in [2.24, 2.45) is 11.7 Å². The van der Waals surface area contributed by atoms with Crippen molar-refractivity contribution in [3.05, 3.63) is 35.4 Å². The molecule has 0 aromatic heterocycles. The molecular formula is C17H25NO3S. The molecule has 0 amide bonds. The van der Waals surface area contributed by atoms with Crippen molar-refractivity contribution >= 4 is 22.8 Å². The van der Waals surface area contributed by atoms with Gasteiger partial charge in [0.05, 0.1) is 12.5 Å². The predicted octanol–water partition coefficient (Wildman–Crippen LogP) is 2.93. The van der Waals surface area contributed by atoms with Crippen LogP contribution in [0, 0.1) is 5.92 Å². The summed E-state index contributed by atoms with van der Waals surface area (Å²) >= 11 is 1.31. The van der Waals surface area contributed by atoms with Gasteiger partial charge in [-0.3, -0.25) is 9.59 Å². The van der Waals surface area contributed by atoms with E-state index in [4.69, 9.17) is 10.5 Å². The van der Waals surface area contributed by atoms with Crippen molar-refractivity contribution in [1.82, 2.24) is 0 Å². The van der Waals surface area contributed by atoms with E-state index in [1.54, 1.807) is 13.8 Å². The van der Waals surface area contributed by atoms with Crippen molar-refractivity contribution in [3.63, 3.8) is 0 Å². The normalized spacial score (nSPS) is 13.5. The van der Waals surface area contributed by atoms with Gasteiger partial charge in [0, 0.05) is 18.7 Å². The number of thioether (sulfide) groups is 1. The van der Waals surface area contributed by atoms with Gasteiger partial charge in [0.2, 0.25) is 0 Å². The molecule has 0 saturated heterocycles. The number of rotatable bonds is 8. The van der Waals surface area contributed by atoms with Crippen LogP contribution in [0.5, 0.6) is 0 Å². The third-order valence-electron chi connectivity index (χ3n) is 3.31. The Morgan fingerprint density at radius 1 is 1.23 bits per heavy atom. The molecule has 1 aromatic carbocycles. The Labute approximate surface area is 136 Å². The Morgan fingerprint density at radius 2 is 1.82 bits per heavy atom. The molecule has 0 unspecified atom stereocenters. The van der Waals surface area contributed by atoms with Crippen LogP contribution < -0.4 is 5.73 Å². The van der Waals surface area contributed by atoms with E-state index in [1.807, 2.05) is 31.2 Å². The second kappa shape index (κ2) is 9.64. The van der Waals surface area contributed by atoms with Gasteiger partial charge >= 0.3 is 5.97 Å². The van der Waals surface area contributed by atoms with Gasteiger partial charge in [-0.2, -0.15) is 0 Å². The van der Waals surface area contributed by atoms with Gasteiger partial charge in [-0.05, 0) is 30.9 Å². The standard InChI is InChI=1S/C17H25NO3S/c1-4-21-17(20)12(2)9-16(18)10-14-5-7-15(8-6-14)11-22-13(3)19/h5-8,12,16H,4,9-11,18H2,1-3H3/t12-,16+/m0/s1. The minimum atomic E-state index is -0.186. The van der Waals surface area contributed by atoms with Gasteiger partial charge in [-0.15, -0.1) is 0 Å². The third-order valence-corrected chi connectivity index (χ3v) is 4.19. The number of ether oxygens (including phenoxy) is 1. The number of carbonyl (C=O) groups excluding carboxylic acids is 2. The first-order valence-corrected chi connectivity index (χ1v) is 8.54. The summed E-state index contributed by atoms with van der Waals surface area (Å²) in [5.41, 5.74) is 8.38. The van der Waals surface area contributed by atoms with Crippen LogP contribution in [-0.4, -0.2) is 23.7 Å². The van der Waals surface area contributed by atoms with Crippen LogP contribution in [0.15, 0.2) is 24.3 Å². The zero-order valence-corrected chi connectivity index (χ0v) is 14.3. The van der Waals surface area contributed by atoms with E-state index in [0.29, 0.717) is 18.8 Å². The Kier molecular flexibility index (Phi) is 8.20. The number of hydrogen-bond donors (Lipinski definition) is 1. The third kappa shape index (κ3) is 7.09. The minimum absolute atomic E-state index is 0.0724. The van der Waals surface area contributed by atoms with Crippen LogP contribution in [0.3, 0.4) is 0 Å². The van der Waals surface area contributed by atoms with Gasteiger partial charge in [0.1, 0.15) is 0 Å². The molecular weight excluding hydrogens is 298 g/mol. The highest BCUT2D eigenvalue weighted by Gasteiger charge is 2.17. The highest BCUT2D eigenvalue weighted by atomic mass is 32.2. The van der Waals surface area contributed by atoms with Crippen molar-refractivity contribution in [1.29, 1.82) is 0 Å². The topological polar surface area (TPSA) is 69.4 Å². The summed E-state index contributed by atoms with van der Waals surface area (Å²) in [7, 11) is 0. The van der Waals surface area contributed by atoms with Gasteiger partial charge in [0.15, 0.2) is 5.12 Å². The summed E-state index contributed by atoms with van der Waals surface area (Å²) in [4.78, 5) is 22.5. The summed E-state index contributed by atoms with van der Waals surface area (Å²) in [6, 6.07) is 8.03. The number of benzene rings is 1. The second-order valence-electron chi connectivity index (χ2n) is 5.45. The fraction of sp³-hybridized carbons (Fsp3) is 0.529. The van der Waals surface area contributed by atoms with Crippen LogP contribution in [0.2, 0.25) is 0 Å². The molecule has 2 atom stereocenters. The molecule has 0 saturated carbocycles. The van der Waals surface area contributed by atoms with Crippen LogP contribution in [-0.2, 0) is 26.5 Å². The Hall–Kier alpha value is -1.33. The molecule has 5 heteroatoms. The van der Waals surface area contributed by atoms with Crippen molar-refractivity contribution in [2.45, 2.75) is 45.4 Å². The first-order valence-electron chi connectivity index (χ1n) is 7.55. The summed E-state index contributed by atoms with van der Waals surface area (Å²) < 4.78 is 4.99. The molecule has 0 aliphatic carbocycles. The van der Waals surface area contributed by atoms with E-state index in [0.717, 1.165) is 17.5 Å². The molecule has 0 bridgehead atoms. The highest BCUT2D eigenvalue weighted by molar-refractivity contribution is 8.12. The zero-order valence-electron chi connectivity index (χ0n) is 13.5. The molecule has 1 aromatic rings. The lowest BCUT2D eigenvalue weighted by molar-refractivity contribution is -0.147. The molecule has 0 aliphatic rings. The number of carbonyl (C=O) groups is 2. The molecule has 0 spiro atoms. The van der Waals surface area contributed by atoms with Gasteiger partial charge in [-0.1, -0.05) is 43.0 Å². The summed E-state index contributed by atoms with van der Waals surface area (Å²) in [5.74, 6) is 0.331. The highest BCUT2D eigenvalue weighted by Crippen LogP contribution is 2.16. The van der Waals surface area contributed by atoms with Gasteiger partial charge in [0.25, 0.3) is 0 Å². The molecule has 122 valence electrons. The largest absolute Gasteiger partial charge is 0.466 e. The summed E-state index contributed by atoms with van der Waals surface area (Å²) in [5, 5.41) is 0.124. The van der Waals surface area contributed by atoms with Crippen molar-refractivity contribution < 1.29 is 14.3 Å². The van der Waals surface area contributed by atoms with E-state index < -0.39 is 0 Å². The zero-order chi connectivity index (χ0) is 16.5. The Balaban J connectivity index is 2.45. The second-order valence-corrected chi connectivity index (χ2v) is 6.60. The Bertz CT molecular complexity index is 487. The number of nitrogens with two attached hydrogens (primary N) is 1. The van der Waals surface area contributed by atoms with E-state index in [1.165, 1.54) is 11.8 Å². The average Bonchev–Trinajstić information content (AvgIpc) is 2.46. The molecule has 22 heavy (non-hydrogen) atoms. The summed E-state index contributed by atoms with van der Waals surface area (Å²) in [6.07, 6.45) is 1.34. The molecule has 2 N–H and O–H groups in total. The summed E-state index contributed by atoms with van der Waals surface area (Å²) in [6.45, 7) is 5.62. The first kappa shape index (κ1) is 18.7. The SMILES string of the molecule is CCOC(=O)[C@@H](C)C[C@@H](N)Cc1ccc(CSC(C)=O)cc1. The van der Waals surface area contributed by atoms with E-state index in [-0.39, 0.29) is 23.0 Å². The van der Waals surface area contributed by atoms with E-state index >= 15 is 0 Å². The van der Waals surface area contributed by atoms with Crippen LogP contribution in [0.4, 0.5) is 0 Å². The van der Waals surface area contributed by atoms with Crippen molar-refractivity contribution in [3.8, 4) is 0 Å². The van der Waals surface area contributed by atoms with E-state index in [9.17, 15) is 9.59 Å². The fourth-order valence-electron chi connectivity index (χ4n) is 2.18. The lowest BCUT2D eigenvalue weighted by Crippen LogP contribution is -2.29. The maximum absolute atomic E-state index is 11.6. The average molecular weight is 323 g/mol. The maximum atomic E-state index is 11.6. The maximum Gasteiger partial charge on any atom is 0.308 e. The smallest absolute Gasteiger partial charge is 0.308 e. The lowest BCUT2D eigenvalue weighted by Gasteiger charge is -2.16. The Morgan fingerprint density at radius 3 is 2.36 bits per heavy atom. The quantitative estimate of drug-likeness (QED) is 0.745. The predicted molar refractivity (Wildman–Crippen MR) is 90.5 cm³/mol. The molecule has 0 fully saturated rings. The van der Waals surface area contributed by atoms with Crippen LogP contribution in [0.25, 0.3) is 0 Å². The minimum Gasteiger partial charge on any atom is -0.466 e. The molecule has 0 aliphatic heterocycles. The monoisotopic (exact) mass is 323 g/mol. The number of esters is 1. The van der Waals surface area contributed by atoms with Crippen LogP contribution in [0.1, 0.15) is 38.3 Å². The van der Waals surface area contributed by atoms with Gasteiger partial charge in [-0.25, -0.2) is 0 Å². The molecule has 4 nitrogen and oxygen atoms in total. The first-order chi connectivity index (χ1) is 10.4. The fourth-order valence-corrected chi connectivity index (χ4v) is 2.74.